The highest BCUT2D eigenvalue weighted by molar-refractivity contribution is 6.04. The third-order valence-electron chi connectivity index (χ3n) is 2.37. The Morgan fingerprint density at radius 1 is 1.12 bits per heavy atom. The molecule has 1 atom stereocenters. The molecule has 0 bridgehead atoms. The van der Waals surface area contributed by atoms with Crippen molar-refractivity contribution in [2.75, 3.05) is 21.3 Å². The van der Waals surface area contributed by atoms with E-state index in [2.05, 4.69) is 0 Å². The summed E-state index contributed by atoms with van der Waals surface area (Å²) in [7, 11) is 4.49. The number of nitrogens with two attached hydrogens (primary N) is 1. The van der Waals surface area contributed by atoms with E-state index in [-0.39, 0.29) is 5.78 Å². The van der Waals surface area contributed by atoms with Crippen LogP contribution in [-0.2, 0) is 0 Å². The largest absolute Gasteiger partial charge is 0.496 e. The van der Waals surface area contributed by atoms with Crippen LogP contribution in [0.5, 0.6) is 17.2 Å². The number of methoxy groups -OCH3 is 3. The van der Waals surface area contributed by atoms with Crippen molar-refractivity contribution < 1.29 is 19.0 Å². The summed E-state index contributed by atoms with van der Waals surface area (Å²) in [5.74, 6) is 1.10. The molecule has 0 saturated carbocycles. The van der Waals surface area contributed by atoms with Crippen LogP contribution in [0.25, 0.3) is 0 Å². The number of Topliss-reactive ketones (excluding diaryl/α,β-unsaturated/α-hetero) is 1. The number of rotatable bonds is 5. The van der Waals surface area contributed by atoms with Crippen LogP contribution in [0.1, 0.15) is 17.3 Å². The lowest BCUT2D eigenvalue weighted by atomic mass is 10.0. The van der Waals surface area contributed by atoms with Crippen LogP contribution in [0, 0.1) is 0 Å². The second-order valence-electron chi connectivity index (χ2n) is 3.56. The van der Waals surface area contributed by atoms with Crippen LogP contribution in [0.15, 0.2) is 12.1 Å². The van der Waals surface area contributed by atoms with Crippen LogP contribution >= 0.6 is 0 Å². The highest BCUT2D eigenvalue weighted by Crippen LogP contribution is 2.34. The fraction of sp³-hybridized carbons (Fsp3) is 0.417. The fourth-order valence-electron chi connectivity index (χ4n) is 1.48. The number of benzene rings is 1. The molecule has 0 aliphatic heterocycles. The molecule has 0 amide bonds. The Kier molecular flexibility index (Phi) is 4.34. The maximum Gasteiger partial charge on any atom is 0.186 e. The van der Waals surface area contributed by atoms with Crippen molar-refractivity contribution in [3.63, 3.8) is 0 Å². The van der Waals surface area contributed by atoms with Gasteiger partial charge in [0.05, 0.1) is 27.4 Å². The lowest BCUT2D eigenvalue weighted by Gasteiger charge is -2.15. The van der Waals surface area contributed by atoms with E-state index in [9.17, 15) is 4.79 Å². The summed E-state index contributed by atoms with van der Waals surface area (Å²) < 4.78 is 15.4. The van der Waals surface area contributed by atoms with E-state index >= 15 is 0 Å². The second kappa shape index (κ2) is 5.54. The number of ketones is 1. The summed E-state index contributed by atoms with van der Waals surface area (Å²) in [4.78, 5) is 12.0. The molecule has 2 N–H and O–H groups in total. The fourth-order valence-corrected chi connectivity index (χ4v) is 1.48. The summed E-state index contributed by atoms with van der Waals surface area (Å²) in [6, 6.07) is 2.63. The Bertz CT molecular complexity index is 390. The minimum atomic E-state index is -0.619. The van der Waals surface area contributed by atoms with Gasteiger partial charge < -0.3 is 19.9 Å². The van der Waals surface area contributed by atoms with Gasteiger partial charge in [-0.2, -0.15) is 0 Å². The van der Waals surface area contributed by atoms with Gasteiger partial charge in [0.1, 0.15) is 22.8 Å². The Morgan fingerprint density at radius 3 is 1.88 bits per heavy atom. The van der Waals surface area contributed by atoms with Crippen LogP contribution in [0.4, 0.5) is 0 Å². The van der Waals surface area contributed by atoms with Crippen molar-refractivity contribution in [1.29, 1.82) is 0 Å². The Hall–Kier alpha value is -1.75. The first-order valence-corrected chi connectivity index (χ1v) is 5.15. The zero-order chi connectivity index (χ0) is 13.0. The number of hydrogen-bond donors (Lipinski definition) is 1. The molecule has 0 spiro atoms. The van der Waals surface area contributed by atoms with Crippen molar-refractivity contribution >= 4 is 5.78 Å². The molecule has 17 heavy (non-hydrogen) atoms. The maximum absolute atomic E-state index is 12.0. The lowest BCUT2D eigenvalue weighted by Crippen LogP contribution is -2.27. The van der Waals surface area contributed by atoms with Gasteiger partial charge in [0.15, 0.2) is 5.78 Å². The Balaban J connectivity index is 3.39. The van der Waals surface area contributed by atoms with E-state index < -0.39 is 6.04 Å². The van der Waals surface area contributed by atoms with E-state index in [1.54, 1.807) is 19.1 Å². The summed E-state index contributed by atoms with van der Waals surface area (Å²) >= 11 is 0. The topological polar surface area (TPSA) is 70.8 Å². The summed E-state index contributed by atoms with van der Waals surface area (Å²) in [5.41, 5.74) is 5.93. The van der Waals surface area contributed by atoms with Gasteiger partial charge in [0, 0.05) is 12.1 Å². The quantitative estimate of drug-likeness (QED) is 0.783. The molecule has 0 aliphatic rings. The predicted molar refractivity (Wildman–Crippen MR) is 64.1 cm³/mol. The van der Waals surface area contributed by atoms with Crippen LogP contribution < -0.4 is 19.9 Å². The smallest absolute Gasteiger partial charge is 0.186 e. The van der Waals surface area contributed by atoms with Crippen molar-refractivity contribution in [3.8, 4) is 17.2 Å². The van der Waals surface area contributed by atoms with Gasteiger partial charge in [-0.05, 0) is 6.92 Å². The minimum absolute atomic E-state index is 0.235. The van der Waals surface area contributed by atoms with Gasteiger partial charge in [0.25, 0.3) is 0 Å². The summed E-state index contributed by atoms with van der Waals surface area (Å²) in [5, 5.41) is 0. The SMILES string of the molecule is COc1cc(OC)c(C(=O)C(C)N)c(OC)c1. The van der Waals surface area contributed by atoms with Gasteiger partial charge in [-0.3, -0.25) is 4.79 Å². The zero-order valence-corrected chi connectivity index (χ0v) is 10.4. The highest BCUT2D eigenvalue weighted by Gasteiger charge is 2.22. The van der Waals surface area contributed by atoms with E-state index in [1.165, 1.54) is 21.3 Å². The number of carbonyl (C=O) groups is 1. The van der Waals surface area contributed by atoms with Gasteiger partial charge >= 0.3 is 0 Å². The Morgan fingerprint density at radius 2 is 1.59 bits per heavy atom. The van der Waals surface area contributed by atoms with Gasteiger partial charge in [-0.1, -0.05) is 0 Å². The normalized spacial score (nSPS) is 11.8. The average molecular weight is 239 g/mol. The second-order valence-corrected chi connectivity index (χ2v) is 3.56. The van der Waals surface area contributed by atoms with Gasteiger partial charge in [-0.25, -0.2) is 0 Å². The molecule has 1 unspecified atom stereocenters. The molecule has 0 saturated heterocycles. The predicted octanol–water partition coefficient (Wildman–Crippen LogP) is 1.24. The molecule has 1 aromatic rings. The van der Waals surface area contributed by atoms with Crippen molar-refractivity contribution in [1.82, 2.24) is 0 Å². The lowest BCUT2D eigenvalue weighted by molar-refractivity contribution is 0.0961. The zero-order valence-electron chi connectivity index (χ0n) is 10.4. The van der Waals surface area contributed by atoms with Crippen molar-refractivity contribution in [2.45, 2.75) is 13.0 Å². The molecule has 0 aliphatic carbocycles. The number of carbonyl (C=O) groups excluding carboxylic acids is 1. The third-order valence-corrected chi connectivity index (χ3v) is 2.37. The van der Waals surface area contributed by atoms with Gasteiger partial charge in [0.2, 0.25) is 0 Å². The van der Waals surface area contributed by atoms with E-state index in [4.69, 9.17) is 19.9 Å². The molecular formula is C12H17NO4. The van der Waals surface area contributed by atoms with Crippen LogP contribution in [0.2, 0.25) is 0 Å². The van der Waals surface area contributed by atoms with Gasteiger partial charge in [-0.15, -0.1) is 0 Å². The molecule has 1 aromatic carbocycles. The number of ether oxygens (including phenoxy) is 3. The van der Waals surface area contributed by atoms with E-state index in [0.29, 0.717) is 22.8 Å². The first-order valence-electron chi connectivity index (χ1n) is 5.15. The van der Waals surface area contributed by atoms with Crippen LogP contribution in [0.3, 0.4) is 0 Å². The first kappa shape index (κ1) is 13.3. The monoisotopic (exact) mass is 239 g/mol. The van der Waals surface area contributed by atoms with Crippen molar-refractivity contribution in [3.05, 3.63) is 17.7 Å². The summed E-state index contributed by atoms with van der Waals surface area (Å²) in [6.45, 7) is 1.62. The average Bonchev–Trinajstić information content (AvgIpc) is 2.35. The third kappa shape index (κ3) is 2.68. The molecule has 5 nitrogen and oxygen atoms in total. The Labute approximate surface area is 100 Å². The molecule has 0 heterocycles. The molecule has 0 aromatic heterocycles. The molecule has 0 radical (unpaired) electrons. The molecular weight excluding hydrogens is 222 g/mol. The van der Waals surface area contributed by atoms with E-state index in [1.807, 2.05) is 0 Å². The first-order chi connectivity index (χ1) is 8.04. The maximum atomic E-state index is 12.0. The van der Waals surface area contributed by atoms with E-state index in [0.717, 1.165) is 0 Å². The molecule has 5 heteroatoms. The standard InChI is InChI=1S/C12H17NO4/c1-7(13)12(14)11-9(16-3)5-8(15-2)6-10(11)17-4/h5-7H,13H2,1-4H3. The molecule has 0 fully saturated rings. The van der Waals surface area contributed by atoms with Crippen LogP contribution in [-0.4, -0.2) is 33.2 Å². The molecule has 1 rings (SSSR count). The highest BCUT2D eigenvalue weighted by atomic mass is 16.5. The number of hydrogen-bond acceptors (Lipinski definition) is 5. The molecule has 94 valence electrons. The van der Waals surface area contributed by atoms with Crippen molar-refractivity contribution in [2.24, 2.45) is 5.73 Å². The summed E-state index contributed by atoms with van der Waals surface area (Å²) in [6.07, 6.45) is 0. The minimum Gasteiger partial charge on any atom is -0.496 e.